The van der Waals surface area contributed by atoms with Gasteiger partial charge in [-0.1, -0.05) is 6.07 Å². The summed E-state index contributed by atoms with van der Waals surface area (Å²) in [6, 6.07) is 4.79. The van der Waals surface area contributed by atoms with Crippen LogP contribution in [0.2, 0.25) is 0 Å². The maximum atomic E-state index is 5.85. The van der Waals surface area contributed by atoms with Crippen LogP contribution in [0.4, 0.5) is 0 Å². The normalized spacial score (nSPS) is 20.3. The van der Waals surface area contributed by atoms with Gasteiger partial charge in [-0.3, -0.25) is 0 Å². The quantitative estimate of drug-likeness (QED) is 0.861. The molecule has 2 rings (SSSR count). The van der Waals surface area contributed by atoms with E-state index in [1.807, 2.05) is 7.05 Å². The molecule has 2 atom stereocenters. The van der Waals surface area contributed by atoms with Crippen LogP contribution < -0.4 is 10.1 Å². The zero-order chi connectivity index (χ0) is 15.2. The third-order valence-electron chi connectivity index (χ3n) is 4.56. The van der Waals surface area contributed by atoms with Crippen LogP contribution >= 0.6 is 0 Å². The van der Waals surface area contributed by atoms with Crippen LogP contribution in [-0.2, 0) is 4.74 Å². The lowest BCUT2D eigenvalue weighted by Crippen LogP contribution is -2.23. The van der Waals surface area contributed by atoms with Crippen molar-refractivity contribution in [1.29, 1.82) is 0 Å². The second-order valence-electron chi connectivity index (χ2n) is 6.09. The zero-order valence-corrected chi connectivity index (χ0v) is 13.9. The minimum Gasteiger partial charge on any atom is -0.496 e. The van der Waals surface area contributed by atoms with Crippen LogP contribution in [0.25, 0.3) is 0 Å². The molecule has 1 fully saturated rings. The fourth-order valence-electron chi connectivity index (χ4n) is 3.25. The van der Waals surface area contributed by atoms with Gasteiger partial charge in [0, 0.05) is 12.6 Å². The fraction of sp³-hybridized carbons (Fsp3) is 0.667. The van der Waals surface area contributed by atoms with Crippen molar-refractivity contribution in [1.82, 2.24) is 5.32 Å². The Kier molecular flexibility index (Phi) is 6.07. The Balaban J connectivity index is 2.04. The predicted octanol–water partition coefficient (Wildman–Crippen LogP) is 3.92. The second kappa shape index (κ2) is 7.81. The third-order valence-corrected chi connectivity index (χ3v) is 4.56. The molecule has 0 aromatic heterocycles. The van der Waals surface area contributed by atoms with E-state index in [1.54, 1.807) is 7.11 Å². The molecule has 1 heterocycles. The summed E-state index contributed by atoms with van der Waals surface area (Å²) in [4.78, 5) is 0. The fourth-order valence-corrected chi connectivity index (χ4v) is 3.25. The summed E-state index contributed by atoms with van der Waals surface area (Å²) in [7, 11) is 3.78. The lowest BCUT2D eigenvalue weighted by molar-refractivity contribution is 0.00865. The highest BCUT2D eigenvalue weighted by Crippen LogP contribution is 2.30. The molecule has 2 unspecified atom stereocenters. The average molecular weight is 291 g/mol. The molecule has 21 heavy (non-hydrogen) atoms. The maximum Gasteiger partial charge on any atom is 0.122 e. The molecule has 0 aliphatic carbocycles. The van der Waals surface area contributed by atoms with E-state index in [0.717, 1.165) is 25.2 Å². The molecular weight excluding hydrogens is 262 g/mol. The van der Waals surface area contributed by atoms with Crippen molar-refractivity contribution in [2.45, 2.75) is 58.1 Å². The number of hydrogen-bond donors (Lipinski definition) is 1. The predicted molar refractivity (Wildman–Crippen MR) is 87.1 cm³/mol. The average Bonchev–Trinajstić information content (AvgIpc) is 2.51. The van der Waals surface area contributed by atoms with E-state index >= 15 is 0 Å². The molecule has 1 aliphatic heterocycles. The van der Waals surface area contributed by atoms with Crippen LogP contribution in [-0.4, -0.2) is 26.9 Å². The summed E-state index contributed by atoms with van der Waals surface area (Å²) in [6.07, 6.45) is 6.47. The van der Waals surface area contributed by atoms with Crippen molar-refractivity contribution in [3.8, 4) is 5.75 Å². The van der Waals surface area contributed by atoms with Gasteiger partial charge >= 0.3 is 0 Å². The topological polar surface area (TPSA) is 30.5 Å². The minimum atomic E-state index is 0.389. The molecule has 3 heteroatoms. The SMILES string of the molecule is CNC(CCC1CCCCO1)c1cc(C)c(OC)cc1C. The first-order valence-corrected chi connectivity index (χ1v) is 8.09. The van der Waals surface area contributed by atoms with Crippen LogP contribution in [0.15, 0.2) is 12.1 Å². The van der Waals surface area contributed by atoms with Gasteiger partial charge in [0.15, 0.2) is 0 Å². The maximum absolute atomic E-state index is 5.85. The monoisotopic (exact) mass is 291 g/mol. The summed E-state index contributed by atoms with van der Waals surface area (Å²) in [5, 5.41) is 3.47. The summed E-state index contributed by atoms with van der Waals surface area (Å²) in [6.45, 7) is 5.22. The van der Waals surface area contributed by atoms with Gasteiger partial charge in [0.1, 0.15) is 5.75 Å². The van der Waals surface area contributed by atoms with Crippen LogP contribution in [0.5, 0.6) is 5.75 Å². The van der Waals surface area contributed by atoms with E-state index in [-0.39, 0.29) is 0 Å². The molecule has 0 saturated carbocycles. The van der Waals surface area contributed by atoms with Gasteiger partial charge in [-0.05, 0) is 75.8 Å². The number of rotatable bonds is 6. The molecule has 1 aromatic carbocycles. The molecule has 1 saturated heterocycles. The van der Waals surface area contributed by atoms with Crippen molar-refractivity contribution in [2.24, 2.45) is 0 Å². The Morgan fingerprint density at radius 3 is 2.71 bits per heavy atom. The molecule has 0 spiro atoms. The zero-order valence-electron chi connectivity index (χ0n) is 13.9. The largest absolute Gasteiger partial charge is 0.496 e. The van der Waals surface area contributed by atoms with Crippen molar-refractivity contribution >= 4 is 0 Å². The first-order valence-electron chi connectivity index (χ1n) is 8.09. The highest BCUT2D eigenvalue weighted by molar-refractivity contribution is 5.42. The summed E-state index contributed by atoms with van der Waals surface area (Å²) < 4.78 is 11.3. The third kappa shape index (κ3) is 4.21. The lowest BCUT2D eigenvalue weighted by Gasteiger charge is -2.26. The van der Waals surface area contributed by atoms with E-state index in [9.17, 15) is 0 Å². The van der Waals surface area contributed by atoms with Crippen molar-refractivity contribution in [2.75, 3.05) is 20.8 Å². The first-order chi connectivity index (χ1) is 10.2. The van der Waals surface area contributed by atoms with E-state index in [0.29, 0.717) is 12.1 Å². The van der Waals surface area contributed by atoms with Crippen molar-refractivity contribution < 1.29 is 9.47 Å². The number of ether oxygens (including phenoxy) is 2. The highest BCUT2D eigenvalue weighted by atomic mass is 16.5. The smallest absolute Gasteiger partial charge is 0.122 e. The van der Waals surface area contributed by atoms with Crippen molar-refractivity contribution in [3.63, 3.8) is 0 Å². The molecule has 1 aliphatic rings. The molecule has 118 valence electrons. The van der Waals surface area contributed by atoms with Crippen LogP contribution in [0, 0.1) is 13.8 Å². The molecule has 1 N–H and O–H groups in total. The van der Waals surface area contributed by atoms with Gasteiger partial charge < -0.3 is 14.8 Å². The molecule has 0 amide bonds. The molecule has 0 radical (unpaired) electrons. The van der Waals surface area contributed by atoms with Gasteiger partial charge in [-0.15, -0.1) is 0 Å². The Bertz CT molecular complexity index is 453. The highest BCUT2D eigenvalue weighted by Gasteiger charge is 2.18. The molecule has 3 nitrogen and oxygen atoms in total. The van der Waals surface area contributed by atoms with Gasteiger partial charge in [0.05, 0.1) is 13.2 Å². The molecular formula is C18H29NO2. The number of benzene rings is 1. The Morgan fingerprint density at radius 1 is 1.29 bits per heavy atom. The van der Waals surface area contributed by atoms with Gasteiger partial charge in [0.25, 0.3) is 0 Å². The minimum absolute atomic E-state index is 0.389. The van der Waals surface area contributed by atoms with Crippen molar-refractivity contribution in [3.05, 3.63) is 28.8 Å². The van der Waals surface area contributed by atoms with Gasteiger partial charge in [-0.2, -0.15) is 0 Å². The Labute approximate surface area is 129 Å². The Hall–Kier alpha value is -1.06. The summed E-state index contributed by atoms with van der Waals surface area (Å²) in [5.74, 6) is 0.974. The van der Waals surface area contributed by atoms with E-state index < -0.39 is 0 Å². The standard InChI is InChI=1S/C18H29NO2/c1-13-12-18(20-4)14(2)11-16(13)17(19-3)9-8-15-7-5-6-10-21-15/h11-12,15,17,19H,5-10H2,1-4H3. The van der Waals surface area contributed by atoms with Gasteiger partial charge in [-0.25, -0.2) is 0 Å². The molecule has 1 aromatic rings. The Morgan fingerprint density at radius 2 is 2.10 bits per heavy atom. The molecule has 0 bridgehead atoms. The van der Waals surface area contributed by atoms with E-state index in [1.165, 1.54) is 36.0 Å². The van der Waals surface area contributed by atoms with E-state index in [4.69, 9.17) is 9.47 Å². The number of methoxy groups -OCH3 is 1. The summed E-state index contributed by atoms with van der Waals surface area (Å²) >= 11 is 0. The number of aryl methyl sites for hydroxylation is 2. The van der Waals surface area contributed by atoms with Crippen LogP contribution in [0.1, 0.15) is 54.8 Å². The number of hydrogen-bond acceptors (Lipinski definition) is 3. The first kappa shape index (κ1) is 16.3. The van der Waals surface area contributed by atoms with E-state index in [2.05, 4.69) is 31.3 Å². The second-order valence-corrected chi connectivity index (χ2v) is 6.09. The number of nitrogens with one attached hydrogen (secondary N) is 1. The lowest BCUT2D eigenvalue weighted by atomic mass is 9.93. The summed E-state index contributed by atoms with van der Waals surface area (Å²) in [5.41, 5.74) is 3.88. The van der Waals surface area contributed by atoms with Crippen LogP contribution in [0.3, 0.4) is 0 Å². The van der Waals surface area contributed by atoms with Gasteiger partial charge in [0.2, 0.25) is 0 Å².